The molecule has 1 saturated heterocycles. The van der Waals surface area contributed by atoms with E-state index in [4.69, 9.17) is 0 Å². The van der Waals surface area contributed by atoms with E-state index >= 15 is 0 Å². The van der Waals surface area contributed by atoms with Crippen molar-refractivity contribution in [1.82, 2.24) is 10.2 Å². The lowest BCUT2D eigenvalue weighted by Gasteiger charge is -2.08. The molecule has 1 atom stereocenters. The summed E-state index contributed by atoms with van der Waals surface area (Å²) in [4.78, 5) is 11.8. The van der Waals surface area contributed by atoms with Crippen molar-refractivity contribution in [2.45, 2.75) is 26.7 Å². The Hall–Kier alpha value is -1.37. The van der Waals surface area contributed by atoms with Crippen molar-refractivity contribution in [2.24, 2.45) is 5.92 Å². The van der Waals surface area contributed by atoms with Crippen molar-refractivity contribution in [3.63, 3.8) is 0 Å². The molecule has 1 unspecified atom stereocenters. The van der Waals surface area contributed by atoms with E-state index in [0.29, 0.717) is 12.1 Å². The normalized spacial score (nSPS) is 22.0. The highest BCUT2D eigenvalue weighted by Crippen LogP contribution is 2.23. The van der Waals surface area contributed by atoms with Crippen molar-refractivity contribution in [2.75, 3.05) is 16.8 Å². The van der Waals surface area contributed by atoms with Gasteiger partial charge in [-0.15, -0.1) is 0 Å². The van der Waals surface area contributed by atoms with Gasteiger partial charge in [0.15, 0.2) is 9.84 Å². The van der Waals surface area contributed by atoms with Crippen LogP contribution < -0.4 is 5.32 Å². The average Bonchev–Trinajstić information content (AvgIpc) is 2.75. The van der Waals surface area contributed by atoms with Gasteiger partial charge in [-0.1, -0.05) is 0 Å². The molecule has 100 valence electrons. The minimum Gasteiger partial charge on any atom is -0.323 e. The third kappa shape index (κ3) is 2.90. The van der Waals surface area contributed by atoms with E-state index in [-0.39, 0.29) is 29.8 Å². The summed E-state index contributed by atoms with van der Waals surface area (Å²) in [6.07, 6.45) is 0.836. The van der Waals surface area contributed by atoms with Gasteiger partial charge >= 0.3 is 0 Å². The van der Waals surface area contributed by atoms with Crippen LogP contribution in [0.2, 0.25) is 0 Å². The summed E-state index contributed by atoms with van der Waals surface area (Å²) < 4.78 is 22.6. The molecule has 1 aliphatic heterocycles. The zero-order valence-electron chi connectivity index (χ0n) is 10.5. The van der Waals surface area contributed by atoms with Crippen molar-refractivity contribution in [1.29, 1.82) is 0 Å². The number of hydrogen-bond donors (Lipinski definition) is 2. The van der Waals surface area contributed by atoms with Crippen molar-refractivity contribution in [3.05, 3.63) is 11.4 Å². The van der Waals surface area contributed by atoms with Crippen LogP contribution in [0.15, 0.2) is 0 Å². The van der Waals surface area contributed by atoms with Crippen LogP contribution in [0.25, 0.3) is 0 Å². The first-order valence-electron chi connectivity index (χ1n) is 5.89. The average molecular weight is 271 g/mol. The molecule has 1 aliphatic rings. The van der Waals surface area contributed by atoms with Crippen LogP contribution in [0.3, 0.4) is 0 Å². The van der Waals surface area contributed by atoms with Gasteiger partial charge in [-0.25, -0.2) is 8.42 Å². The summed E-state index contributed by atoms with van der Waals surface area (Å²) in [5.74, 6) is 0.130. The zero-order chi connectivity index (χ0) is 13.3. The molecule has 1 aromatic heterocycles. The van der Waals surface area contributed by atoms with Crippen LogP contribution in [0.1, 0.15) is 24.2 Å². The fourth-order valence-corrected chi connectivity index (χ4v) is 4.08. The minimum atomic E-state index is -2.92. The van der Waals surface area contributed by atoms with E-state index in [1.807, 2.05) is 6.92 Å². The fraction of sp³-hybridized carbons (Fsp3) is 0.636. The van der Waals surface area contributed by atoms with Gasteiger partial charge in [0.1, 0.15) is 0 Å². The number of aryl methyl sites for hydroxylation is 2. The Bertz CT molecular complexity index is 543. The summed E-state index contributed by atoms with van der Waals surface area (Å²) in [7, 11) is -2.92. The number of nitrogens with one attached hydrogen (secondary N) is 2. The van der Waals surface area contributed by atoms with E-state index in [2.05, 4.69) is 15.5 Å². The Morgan fingerprint density at radius 2 is 2.22 bits per heavy atom. The molecule has 2 rings (SSSR count). The molecule has 1 aromatic rings. The molecule has 18 heavy (non-hydrogen) atoms. The Morgan fingerprint density at radius 3 is 2.72 bits per heavy atom. The largest absolute Gasteiger partial charge is 0.323 e. The van der Waals surface area contributed by atoms with Crippen molar-refractivity contribution < 1.29 is 13.2 Å². The number of sulfone groups is 1. The molecule has 2 N–H and O–H groups in total. The first-order chi connectivity index (χ1) is 8.37. The van der Waals surface area contributed by atoms with Crippen molar-refractivity contribution >= 4 is 21.4 Å². The van der Waals surface area contributed by atoms with Crippen LogP contribution in [-0.2, 0) is 14.6 Å². The maximum atomic E-state index is 11.8. The Balaban J connectivity index is 1.94. The fourth-order valence-electron chi connectivity index (χ4n) is 2.22. The van der Waals surface area contributed by atoms with Gasteiger partial charge in [0, 0.05) is 6.42 Å². The van der Waals surface area contributed by atoms with Crippen LogP contribution in [-0.4, -0.2) is 36.0 Å². The molecule has 0 aromatic carbocycles. The Labute approximate surface area is 106 Å². The molecule has 0 saturated carbocycles. The molecule has 0 radical (unpaired) electrons. The van der Waals surface area contributed by atoms with Crippen molar-refractivity contribution in [3.8, 4) is 0 Å². The molecular formula is C11H17N3O3S. The van der Waals surface area contributed by atoms with Gasteiger partial charge in [0.05, 0.1) is 28.6 Å². The monoisotopic (exact) mass is 271 g/mol. The van der Waals surface area contributed by atoms with Crippen LogP contribution in [0.5, 0.6) is 0 Å². The Morgan fingerprint density at radius 1 is 1.50 bits per heavy atom. The van der Waals surface area contributed by atoms with Gasteiger partial charge in [-0.3, -0.25) is 9.89 Å². The minimum absolute atomic E-state index is 0.0532. The second-order valence-corrected chi connectivity index (χ2v) is 7.06. The summed E-state index contributed by atoms with van der Waals surface area (Å²) in [5, 5.41) is 9.56. The highest BCUT2D eigenvalue weighted by atomic mass is 32.2. The molecule has 2 heterocycles. The second-order valence-electron chi connectivity index (χ2n) is 4.83. The highest BCUT2D eigenvalue weighted by Gasteiger charge is 2.29. The van der Waals surface area contributed by atoms with Crippen LogP contribution in [0, 0.1) is 19.8 Å². The molecule has 7 heteroatoms. The van der Waals surface area contributed by atoms with Gasteiger partial charge in [-0.2, -0.15) is 5.10 Å². The van der Waals surface area contributed by atoms with E-state index in [0.717, 1.165) is 11.4 Å². The highest BCUT2D eigenvalue weighted by molar-refractivity contribution is 7.91. The maximum Gasteiger partial charge on any atom is 0.224 e. The predicted molar refractivity (Wildman–Crippen MR) is 68.1 cm³/mol. The van der Waals surface area contributed by atoms with Gasteiger partial charge < -0.3 is 5.32 Å². The molecular weight excluding hydrogens is 254 g/mol. The number of rotatable bonds is 3. The summed E-state index contributed by atoms with van der Waals surface area (Å²) in [6.45, 7) is 3.63. The molecule has 0 aliphatic carbocycles. The molecule has 1 amide bonds. The molecule has 1 fully saturated rings. The number of carbonyl (C=O) groups excluding carboxylic acids is 1. The Kier molecular flexibility index (Phi) is 3.43. The number of hydrogen-bond acceptors (Lipinski definition) is 4. The molecule has 0 spiro atoms. The molecule has 6 nitrogen and oxygen atoms in total. The number of carbonyl (C=O) groups is 1. The van der Waals surface area contributed by atoms with Gasteiger partial charge in [0.2, 0.25) is 5.91 Å². The summed E-state index contributed by atoms with van der Waals surface area (Å²) in [5.41, 5.74) is 2.24. The van der Waals surface area contributed by atoms with Crippen LogP contribution >= 0.6 is 0 Å². The van der Waals surface area contributed by atoms with E-state index < -0.39 is 9.84 Å². The van der Waals surface area contributed by atoms with Gasteiger partial charge in [0.25, 0.3) is 0 Å². The number of anilines is 1. The maximum absolute atomic E-state index is 11.8. The van der Waals surface area contributed by atoms with E-state index in [1.54, 1.807) is 6.92 Å². The predicted octanol–water partition coefficient (Wildman–Crippen LogP) is 0.790. The quantitative estimate of drug-likeness (QED) is 0.850. The number of aromatic nitrogens is 2. The van der Waals surface area contributed by atoms with Crippen LogP contribution in [0.4, 0.5) is 5.69 Å². The lowest BCUT2D eigenvalue weighted by atomic mass is 10.0. The third-order valence-electron chi connectivity index (χ3n) is 3.19. The number of amides is 1. The lowest BCUT2D eigenvalue weighted by molar-refractivity contribution is -0.116. The lowest BCUT2D eigenvalue weighted by Crippen LogP contribution is -2.18. The number of nitrogens with zero attached hydrogens (tertiary/aromatic N) is 1. The smallest absolute Gasteiger partial charge is 0.224 e. The third-order valence-corrected chi connectivity index (χ3v) is 5.03. The zero-order valence-corrected chi connectivity index (χ0v) is 11.3. The molecule has 0 bridgehead atoms. The standard InChI is InChI=1S/C11H17N3O3S/c1-7-11(8(2)14-13-7)12-10(15)5-9-3-4-18(16,17)6-9/h9H,3-6H2,1-2H3,(H,12,15)(H,13,14). The number of H-pyrrole nitrogens is 1. The first-order valence-corrected chi connectivity index (χ1v) is 7.71. The van der Waals surface area contributed by atoms with E-state index in [9.17, 15) is 13.2 Å². The topological polar surface area (TPSA) is 91.9 Å². The van der Waals surface area contributed by atoms with Gasteiger partial charge in [-0.05, 0) is 26.2 Å². The first kappa shape index (κ1) is 13.1. The number of aromatic amines is 1. The SMILES string of the molecule is Cc1n[nH]c(C)c1NC(=O)CC1CCS(=O)(=O)C1. The summed E-state index contributed by atoms with van der Waals surface area (Å²) in [6, 6.07) is 0. The van der Waals surface area contributed by atoms with E-state index in [1.165, 1.54) is 0 Å². The second kappa shape index (κ2) is 4.72. The summed E-state index contributed by atoms with van der Waals surface area (Å²) >= 11 is 0.